The summed E-state index contributed by atoms with van der Waals surface area (Å²) >= 11 is 0. The summed E-state index contributed by atoms with van der Waals surface area (Å²) in [6.07, 6.45) is 4.95. The van der Waals surface area contributed by atoms with Crippen LogP contribution in [0, 0.1) is 17.6 Å². The van der Waals surface area contributed by atoms with Gasteiger partial charge in [-0.05, 0) is 73.9 Å². The summed E-state index contributed by atoms with van der Waals surface area (Å²) in [5.74, 6) is -1.28. The lowest BCUT2D eigenvalue weighted by atomic mass is 9.89. The average molecular weight is 549 g/mol. The Labute approximate surface area is 232 Å². The molecule has 210 valence electrons. The van der Waals surface area contributed by atoms with Gasteiger partial charge in [-0.2, -0.15) is 0 Å². The molecule has 1 unspecified atom stereocenters. The molecule has 5 rings (SSSR count). The maximum Gasteiger partial charge on any atom is 0.323 e. The molecule has 0 bridgehead atoms. The van der Waals surface area contributed by atoms with Crippen LogP contribution in [0.2, 0.25) is 0 Å². The molecule has 0 spiro atoms. The minimum absolute atomic E-state index is 0.00109. The first-order valence-corrected chi connectivity index (χ1v) is 13.8. The van der Waals surface area contributed by atoms with Crippen LogP contribution in [0.3, 0.4) is 0 Å². The van der Waals surface area contributed by atoms with Crippen LogP contribution in [0.1, 0.15) is 41.6 Å². The molecule has 0 aromatic heterocycles. The Balaban J connectivity index is 1.28. The molecule has 3 N–H and O–H groups in total. The van der Waals surface area contributed by atoms with Crippen LogP contribution in [0.4, 0.5) is 30.6 Å². The number of halogens is 2. The Kier molecular flexibility index (Phi) is 8.91. The number of carbonyl (C=O) groups is 2. The van der Waals surface area contributed by atoms with Crippen molar-refractivity contribution in [3.8, 4) is 0 Å². The molecule has 2 aliphatic rings. The van der Waals surface area contributed by atoms with Crippen molar-refractivity contribution in [2.45, 2.75) is 38.2 Å². The van der Waals surface area contributed by atoms with Crippen LogP contribution >= 0.6 is 0 Å². The van der Waals surface area contributed by atoms with Gasteiger partial charge >= 0.3 is 6.03 Å². The first-order chi connectivity index (χ1) is 19.4. The molecule has 0 radical (unpaired) electrons. The number of urea groups is 1. The van der Waals surface area contributed by atoms with Crippen molar-refractivity contribution in [1.29, 1.82) is 0 Å². The first kappa shape index (κ1) is 27.6. The van der Waals surface area contributed by atoms with Gasteiger partial charge in [-0.1, -0.05) is 30.3 Å². The fourth-order valence-corrected chi connectivity index (χ4v) is 5.38. The molecule has 2 heterocycles. The van der Waals surface area contributed by atoms with Gasteiger partial charge < -0.3 is 25.6 Å². The minimum atomic E-state index is -0.879. The normalized spacial score (nSPS) is 17.4. The minimum Gasteiger partial charge on any atom is -0.376 e. The van der Waals surface area contributed by atoms with Gasteiger partial charge in [0.1, 0.15) is 11.6 Å². The fourth-order valence-electron chi connectivity index (χ4n) is 5.38. The zero-order valence-corrected chi connectivity index (χ0v) is 22.3. The molecule has 3 amide bonds. The molecule has 2 fully saturated rings. The Morgan fingerprint density at radius 2 is 1.73 bits per heavy atom. The van der Waals surface area contributed by atoms with Crippen LogP contribution in [-0.4, -0.2) is 44.3 Å². The molecule has 40 heavy (non-hydrogen) atoms. The number of benzene rings is 3. The smallest absolute Gasteiger partial charge is 0.323 e. The largest absolute Gasteiger partial charge is 0.376 e. The highest BCUT2D eigenvalue weighted by Gasteiger charge is 2.25. The number of nitrogens with zero attached hydrogens (tertiary/aromatic N) is 1. The van der Waals surface area contributed by atoms with Crippen LogP contribution < -0.4 is 20.9 Å². The van der Waals surface area contributed by atoms with E-state index in [0.717, 1.165) is 63.0 Å². The van der Waals surface area contributed by atoms with Crippen LogP contribution in [0.25, 0.3) is 0 Å². The fraction of sp³-hybridized carbons (Fsp3) is 0.355. The van der Waals surface area contributed by atoms with Crippen molar-refractivity contribution in [3.63, 3.8) is 0 Å². The number of amides is 3. The van der Waals surface area contributed by atoms with E-state index in [2.05, 4.69) is 45.1 Å². The van der Waals surface area contributed by atoms with Crippen LogP contribution in [0.5, 0.6) is 0 Å². The van der Waals surface area contributed by atoms with Gasteiger partial charge in [-0.15, -0.1) is 0 Å². The van der Waals surface area contributed by atoms with Gasteiger partial charge in [0.15, 0.2) is 0 Å². The van der Waals surface area contributed by atoms with E-state index in [1.54, 1.807) is 12.1 Å². The van der Waals surface area contributed by atoms with E-state index in [1.165, 1.54) is 5.56 Å². The Bertz CT molecular complexity index is 1320. The number of hydrogen-bond acceptors (Lipinski definition) is 4. The van der Waals surface area contributed by atoms with Gasteiger partial charge in [0.25, 0.3) is 5.91 Å². The monoisotopic (exact) mass is 548 g/mol. The van der Waals surface area contributed by atoms with Crippen LogP contribution in [-0.2, 0) is 11.2 Å². The molecule has 0 aliphatic carbocycles. The molecule has 2 saturated heterocycles. The van der Waals surface area contributed by atoms with E-state index in [4.69, 9.17) is 4.74 Å². The third-order valence-electron chi connectivity index (χ3n) is 7.52. The lowest BCUT2D eigenvalue weighted by molar-refractivity contribution is 0.0858. The number of rotatable bonds is 8. The Hall–Kier alpha value is -3.98. The highest BCUT2D eigenvalue weighted by molar-refractivity contribution is 6.04. The van der Waals surface area contributed by atoms with Crippen molar-refractivity contribution >= 4 is 29.0 Å². The average Bonchev–Trinajstić information content (AvgIpc) is 3.48. The summed E-state index contributed by atoms with van der Waals surface area (Å²) in [5.41, 5.74) is 2.82. The van der Waals surface area contributed by atoms with E-state index >= 15 is 0 Å². The number of piperidine rings is 1. The SMILES string of the molecule is O=C(Nc1ccc(N2CCC(Cc3ccccc3)CC2)c(C(=O)NCC2CCCO2)c1)Nc1ccc(F)cc1F. The molecule has 9 heteroatoms. The molecule has 3 aromatic carbocycles. The van der Waals surface area contributed by atoms with Gasteiger partial charge in [-0.3, -0.25) is 4.79 Å². The highest BCUT2D eigenvalue weighted by Crippen LogP contribution is 2.30. The van der Waals surface area contributed by atoms with Crippen molar-refractivity contribution < 1.29 is 23.1 Å². The lowest BCUT2D eigenvalue weighted by Gasteiger charge is -2.35. The van der Waals surface area contributed by atoms with Crippen molar-refractivity contribution in [2.24, 2.45) is 5.92 Å². The van der Waals surface area contributed by atoms with Gasteiger partial charge in [0.2, 0.25) is 0 Å². The number of nitrogens with one attached hydrogen (secondary N) is 3. The third-order valence-corrected chi connectivity index (χ3v) is 7.52. The predicted molar refractivity (Wildman–Crippen MR) is 152 cm³/mol. The Morgan fingerprint density at radius 1 is 0.925 bits per heavy atom. The molecule has 7 nitrogen and oxygen atoms in total. The second-order valence-corrected chi connectivity index (χ2v) is 10.4. The van der Waals surface area contributed by atoms with Crippen LogP contribution in [0.15, 0.2) is 66.7 Å². The summed E-state index contributed by atoms with van der Waals surface area (Å²) in [6, 6.07) is 17.9. The summed E-state index contributed by atoms with van der Waals surface area (Å²) in [5, 5.41) is 8.03. The number of hydrogen-bond donors (Lipinski definition) is 3. The molecule has 2 aliphatic heterocycles. The Morgan fingerprint density at radius 3 is 2.45 bits per heavy atom. The third kappa shape index (κ3) is 7.15. The van der Waals surface area contributed by atoms with Crippen molar-refractivity contribution in [1.82, 2.24) is 5.32 Å². The second kappa shape index (κ2) is 12.9. The van der Waals surface area contributed by atoms with E-state index in [9.17, 15) is 18.4 Å². The molecular weight excluding hydrogens is 514 g/mol. The predicted octanol–water partition coefficient (Wildman–Crippen LogP) is 5.98. The summed E-state index contributed by atoms with van der Waals surface area (Å²) in [7, 11) is 0. The topological polar surface area (TPSA) is 82.7 Å². The standard InChI is InChI=1S/C31H34F2N4O3/c32-23-8-10-28(27(33)18-23)36-31(39)35-24-9-11-29(26(19-24)30(38)34-20-25-7-4-16-40-25)37-14-12-22(13-15-37)17-21-5-2-1-3-6-21/h1-3,5-6,8-11,18-19,22,25H,4,7,12-17,20H2,(H,34,38)(H2,35,36,39). The summed E-state index contributed by atoms with van der Waals surface area (Å²) in [6.45, 7) is 2.76. The van der Waals surface area contributed by atoms with E-state index in [0.29, 0.717) is 36.4 Å². The highest BCUT2D eigenvalue weighted by atomic mass is 19.1. The maximum absolute atomic E-state index is 14.0. The molecule has 1 atom stereocenters. The molecular formula is C31H34F2N4O3. The quantitative estimate of drug-likeness (QED) is 0.324. The second-order valence-electron chi connectivity index (χ2n) is 10.4. The summed E-state index contributed by atoms with van der Waals surface area (Å²) in [4.78, 5) is 28.2. The molecule has 0 saturated carbocycles. The zero-order valence-electron chi connectivity index (χ0n) is 22.3. The van der Waals surface area contributed by atoms with E-state index in [-0.39, 0.29) is 17.7 Å². The number of anilines is 3. The van der Waals surface area contributed by atoms with Gasteiger partial charge in [-0.25, -0.2) is 13.6 Å². The van der Waals surface area contributed by atoms with E-state index in [1.807, 2.05) is 12.1 Å². The van der Waals surface area contributed by atoms with Crippen molar-refractivity contribution in [2.75, 3.05) is 41.8 Å². The number of ether oxygens (including phenoxy) is 1. The maximum atomic E-state index is 14.0. The van der Waals surface area contributed by atoms with Gasteiger partial charge in [0, 0.05) is 43.7 Å². The first-order valence-electron chi connectivity index (χ1n) is 13.8. The van der Waals surface area contributed by atoms with Crippen molar-refractivity contribution in [3.05, 3.63) is 89.5 Å². The van der Waals surface area contributed by atoms with Gasteiger partial charge in [0.05, 0.1) is 17.4 Å². The van der Waals surface area contributed by atoms with E-state index < -0.39 is 17.7 Å². The lowest BCUT2D eigenvalue weighted by Crippen LogP contribution is -2.37. The zero-order chi connectivity index (χ0) is 27.9. The molecule has 3 aromatic rings. The summed E-state index contributed by atoms with van der Waals surface area (Å²) < 4.78 is 32.8. The number of carbonyl (C=O) groups excluding carboxylic acids is 2.